The summed E-state index contributed by atoms with van der Waals surface area (Å²) in [5.74, 6) is 0.774. The van der Waals surface area contributed by atoms with Crippen molar-refractivity contribution in [3.63, 3.8) is 0 Å². The Morgan fingerprint density at radius 2 is 1.88 bits per heavy atom. The summed E-state index contributed by atoms with van der Waals surface area (Å²) in [6.45, 7) is 0.0213. The number of hydrogen-bond donors (Lipinski definition) is 0. The molecule has 0 spiro atoms. The molecule has 0 unspecified atom stereocenters. The molecule has 0 aliphatic carbocycles. The van der Waals surface area contributed by atoms with Crippen molar-refractivity contribution in [3.8, 4) is 17.4 Å². The van der Waals surface area contributed by atoms with Gasteiger partial charge in [0.1, 0.15) is 6.54 Å². The summed E-state index contributed by atoms with van der Waals surface area (Å²) in [5, 5.41) is 13.1. The number of benzene rings is 1. The van der Waals surface area contributed by atoms with Gasteiger partial charge in [-0.1, -0.05) is 23.2 Å². The molecular formula is C19H14Cl2N8O3. The minimum Gasteiger partial charge on any atom is -0.419 e. The molecule has 13 heteroatoms. The maximum absolute atomic E-state index is 13.0. The predicted octanol–water partition coefficient (Wildman–Crippen LogP) is 2.02. The fourth-order valence-corrected chi connectivity index (χ4v) is 3.64. The normalized spacial score (nSPS) is 11.5. The second-order valence-corrected chi connectivity index (χ2v) is 7.77. The van der Waals surface area contributed by atoms with Crippen LogP contribution in [0.3, 0.4) is 0 Å². The van der Waals surface area contributed by atoms with Crippen LogP contribution in [0.25, 0.3) is 28.6 Å². The summed E-state index contributed by atoms with van der Waals surface area (Å²) in [7, 11) is 2.95. The van der Waals surface area contributed by atoms with E-state index < -0.39 is 11.2 Å². The number of nitrogens with zero attached hydrogens (tertiary/aromatic N) is 8. The lowest BCUT2D eigenvalue weighted by Crippen LogP contribution is -2.37. The standard InChI is InChI=1S/C19H14Cl2N8O3/c1-26-15-14(17(30)27(2)19(26)31)28(18(23-15)29-7-3-6-22-29)9-13-24-25-16(32-13)10-4-5-11(20)12(21)8-10/h3-8H,9H2,1-2H3. The number of halogens is 2. The zero-order valence-electron chi connectivity index (χ0n) is 16.7. The van der Waals surface area contributed by atoms with Gasteiger partial charge in [-0.15, -0.1) is 10.2 Å². The molecule has 1 aromatic carbocycles. The fourth-order valence-electron chi connectivity index (χ4n) is 3.35. The van der Waals surface area contributed by atoms with E-state index in [1.807, 2.05) is 0 Å². The number of hydrogen-bond acceptors (Lipinski definition) is 7. The van der Waals surface area contributed by atoms with Gasteiger partial charge in [0.2, 0.25) is 17.7 Å². The third-order valence-electron chi connectivity index (χ3n) is 4.96. The molecule has 5 aromatic rings. The third kappa shape index (κ3) is 3.13. The van der Waals surface area contributed by atoms with Gasteiger partial charge in [0.15, 0.2) is 11.2 Å². The van der Waals surface area contributed by atoms with Crippen molar-refractivity contribution in [1.82, 2.24) is 38.7 Å². The first-order chi connectivity index (χ1) is 15.3. The van der Waals surface area contributed by atoms with E-state index in [-0.39, 0.29) is 29.5 Å². The van der Waals surface area contributed by atoms with E-state index in [0.717, 1.165) is 4.57 Å². The predicted molar refractivity (Wildman–Crippen MR) is 116 cm³/mol. The third-order valence-corrected chi connectivity index (χ3v) is 5.70. The van der Waals surface area contributed by atoms with Crippen LogP contribution >= 0.6 is 23.2 Å². The molecule has 0 atom stereocenters. The maximum Gasteiger partial charge on any atom is 0.332 e. The van der Waals surface area contributed by atoms with Crippen LogP contribution in [0.1, 0.15) is 5.89 Å². The molecule has 0 amide bonds. The quantitative estimate of drug-likeness (QED) is 0.392. The first kappa shape index (κ1) is 20.2. The van der Waals surface area contributed by atoms with Gasteiger partial charge < -0.3 is 4.42 Å². The van der Waals surface area contributed by atoms with Gasteiger partial charge in [-0.2, -0.15) is 10.1 Å². The van der Waals surface area contributed by atoms with Crippen molar-refractivity contribution in [2.45, 2.75) is 6.54 Å². The van der Waals surface area contributed by atoms with Crippen LogP contribution in [-0.2, 0) is 20.6 Å². The Balaban J connectivity index is 1.67. The largest absolute Gasteiger partial charge is 0.419 e. The van der Waals surface area contributed by atoms with E-state index in [1.54, 1.807) is 48.3 Å². The van der Waals surface area contributed by atoms with E-state index in [2.05, 4.69) is 20.3 Å². The number of aromatic nitrogens is 8. The average Bonchev–Trinajstić information content (AvgIpc) is 3.53. The Labute approximate surface area is 189 Å². The van der Waals surface area contributed by atoms with E-state index in [0.29, 0.717) is 21.6 Å². The zero-order chi connectivity index (χ0) is 22.6. The van der Waals surface area contributed by atoms with Gasteiger partial charge in [-0.25, -0.2) is 9.48 Å². The highest BCUT2D eigenvalue weighted by atomic mass is 35.5. The summed E-state index contributed by atoms with van der Waals surface area (Å²) < 4.78 is 11.2. The molecule has 162 valence electrons. The van der Waals surface area contributed by atoms with E-state index >= 15 is 0 Å². The van der Waals surface area contributed by atoms with E-state index in [1.165, 1.54) is 16.3 Å². The molecule has 11 nitrogen and oxygen atoms in total. The Morgan fingerprint density at radius 1 is 1.06 bits per heavy atom. The minimum absolute atomic E-state index is 0.0213. The molecule has 0 saturated heterocycles. The molecule has 0 radical (unpaired) electrons. The topological polar surface area (TPSA) is 119 Å². The Hall–Kier alpha value is -3.70. The zero-order valence-corrected chi connectivity index (χ0v) is 18.2. The molecule has 4 heterocycles. The van der Waals surface area contributed by atoms with Crippen LogP contribution in [0.15, 0.2) is 50.7 Å². The molecule has 0 aliphatic rings. The molecule has 5 rings (SSSR count). The molecule has 4 aromatic heterocycles. The van der Waals surface area contributed by atoms with Crippen LogP contribution in [0, 0.1) is 0 Å². The highest BCUT2D eigenvalue weighted by Crippen LogP contribution is 2.28. The summed E-state index contributed by atoms with van der Waals surface area (Å²) in [5.41, 5.74) is 0.0264. The van der Waals surface area contributed by atoms with Crippen LogP contribution in [0.2, 0.25) is 10.0 Å². The van der Waals surface area contributed by atoms with Crippen molar-refractivity contribution in [2.75, 3.05) is 0 Å². The van der Waals surface area contributed by atoms with E-state index in [4.69, 9.17) is 27.6 Å². The molecule has 0 fully saturated rings. The number of imidazole rings is 1. The van der Waals surface area contributed by atoms with Crippen molar-refractivity contribution in [3.05, 3.63) is 73.4 Å². The SMILES string of the molecule is Cn1c(=O)c2c(nc(-n3cccn3)n2Cc2nnc(-c3ccc(Cl)c(Cl)c3)o2)n(C)c1=O. The summed E-state index contributed by atoms with van der Waals surface area (Å²) >= 11 is 12.0. The van der Waals surface area contributed by atoms with Crippen molar-refractivity contribution in [2.24, 2.45) is 14.1 Å². The van der Waals surface area contributed by atoms with Gasteiger partial charge in [-0.3, -0.25) is 18.5 Å². The van der Waals surface area contributed by atoms with Gasteiger partial charge >= 0.3 is 5.69 Å². The second kappa shape index (κ2) is 7.46. The summed E-state index contributed by atoms with van der Waals surface area (Å²) in [4.78, 5) is 29.8. The van der Waals surface area contributed by atoms with Crippen molar-refractivity contribution >= 4 is 34.4 Å². The lowest BCUT2D eigenvalue weighted by molar-refractivity contribution is 0.487. The monoisotopic (exact) mass is 472 g/mol. The number of fused-ring (bicyclic) bond motifs is 1. The van der Waals surface area contributed by atoms with Crippen molar-refractivity contribution < 1.29 is 4.42 Å². The smallest absolute Gasteiger partial charge is 0.332 e. The minimum atomic E-state index is -0.502. The Morgan fingerprint density at radius 3 is 2.59 bits per heavy atom. The van der Waals surface area contributed by atoms with Gasteiger partial charge in [-0.05, 0) is 24.3 Å². The highest BCUT2D eigenvalue weighted by molar-refractivity contribution is 6.42. The number of aryl methyl sites for hydroxylation is 1. The maximum atomic E-state index is 13.0. The first-order valence-electron chi connectivity index (χ1n) is 9.29. The second-order valence-electron chi connectivity index (χ2n) is 6.96. The van der Waals surface area contributed by atoms with Crippen LogP contribution < -0.4 is 11.2 Å². The Bertz CT molecular complexity index is 1590. The van der Waals surface area contributed by atoms with Gasteiger partial charge in [0, 0.05) is 32.1 Å². The Kier molecular flexibility index (Phi) is 4.72. The van der Waals surface area contributed by atoms with Crippen molar-refractivity contribution in [1.29, 1.82) is 0 Å². The first-order valence-corrected chi connectivity index (χ1v) is 10.0. The summed E-state index contributed by atoms with van der Waals surface area (Å²) in [6, 6.07) is 6.68. The highest BCUT2D eigenvalue weighted by Gasteiger charge is 2.22. The lowest BCUT2D eigenvalue weighted by Gasteiger charge is -2.07. The molecular weight excluding hydrogens is 459 g/mol. The van der Waals surface area contributed by atoms with Gasteiger partial charge in [0.05, 0.1) is 10.0 Å². The van der Waals surface area contributed by atoms with Gasteiger partial charge in [0.25, 0.3) is 5.56 Å². The van der Waals surface area contributed by atoms with E-state index in [9.17, 15) is 9.59 Å². The lowest BCUT2D eigenvalue weighted by atomic mass is 10.2. The average molecular weight is 473 g/mol. The van der Waals surface area contributed by atoms with Crippen LogP contribution in [-0.4, -0.2) is 38.7 Å². The fraction of sp³-hybridized carbons (Fsp3) is 0.158. The molecule has 0 aliphatic heterocycles. The molecule has 32 heavy (non-hydrogen) atoms. The molecule has 0 saturated carbocycles. The summed E-state index contributed by atoms with van der Waals surface area (Å²) in [6.07, 6.45) is 3.26. The van der Waals surface area contributed by atoms with Crippen LogP contribution in [0.4, 0.5) is 0 Å². The molecule has 0 bridgehead atoms. The number of rotatable bonds is 4. The van der Waals surface area contributed by atoms with Crippen LogP contribution in [0.5, 0.6) is 0 Å². The molecule has 0 N–H and O–H groups in total.